The Hall–Kier alpha value is -4.72. The van der Waals surface area contributed by atoms with Crippen LogP contribution in [0.25, 0.3) is 32.7 Å². The molecule has 0 saturated carbocycles. The van der Waals surface area contributed by atoms with Crippen LogP contribution < -0.4 is 10.6 Å². The first-order valence-electron chi connectivity index (χ1n) is 14.4. The minimum Gasteiger partial charge on any atom is -0.472 e. The molecule has 4 aromatic rings. The van der Waals surface area contributed by atoms with Crippen LogP contribution in [0, 0.1) is 11.8 Å². The van der Waals surface area contributed by atoms with Gasteiger partial charge in [0.25, 0.3) is 11.8 Å². The Morgan fingerprint density at radius 2 is 1.05 bits per heavy atom. The van der Waals surface area contributed by atoms with Crippen molar-refractivity contribution in [1.29, 1.82) is 0 Å². The summed E-state index contributed by atoms with van der Waals surface area (Å²) in [5.74, 6) is -0.135. The predicted molar refractivity (Wildman–Crippen MR) is 168 cm³/mol. The maximum absolute atomic E-state index is 13.4. The van der Waals surface area contributed by atoms with Gasteiger partial charge in [-0.1, -0.05) is 88.4 Å². The summed E-state index contributed by atoms with van der Waals surface area (Å²) in [6.07, 6.45) is 0. The van der Waals surface area contributed by atoms with Crippen LogP contribution in [-0.4, -0.2) is 48.9 Å². The van der Waals surface area contributed by atoms with Crippen molar-refractivity contribution >= 4 is 56.5 Å². The molecule has 4 aromatic carbocycles. The van der Waals surface area contributed by atoms with E-state index in [1.807, 2.05) is 72.8 Å². The van der Waals surface area contributed by atoms with Crippen molar-refractivity contribution in [2.75, 3.05) is 23.8 Å². The number of hydrogen-bond acceptors (Lipinski definition) is 6. The quantitative estimate of drug-likeness (QED) is 0.271. The number of aliphatic imine (C=N–C) groups is 2. The fourth-order valence-electron chi connectivity index (χ4n) is 5.35. The minimum absolute atomic E-state index is 0.0577. The molecule has 0 aromatic heterocycles. The van der Waals surface area contributed by atoms with Gasteiger partial charge in [0.05, 0.1) is 12.1 Å². The second-order valence-electron chi connectivity index (χ2n) is 11.4. The van der Waals surface area contributed by atoms with Gasteiger partial charge in [-0.15, -0.1) is 0 Å². The lowest BCUT2D eigenvalue weighted by atomic mass is 9.91. The fraction of sp³-hybridized carbons (Fsp3) is 0.294. The van der Waals surface area contributed by atoms with Gasteiger partial charge in [-0.25, -0.2) is 9.98 Å². The average molecular weight is 563 g/mol. The Morgan fingerprint density at radius 3 is 1.43 bits per heavy atom. The summed E-state index contributed by atoms with van der Waals surface area (Å²) in [6.45, 7) is 8.99. The van der Waals surface area contributed by atoms with Gasteiger partial charge < -0.3 is 20.1 Å². The molecule has 2 amide bonds. The maximum Gasteiger partial charge on any atom is 0.310 e. The van der Waals surface area contributed by atoms with E-state index >= 15 is 0 Å². The number of rotatable bonds is 7. The van der Waals surface area contributed by atoms with Gasteiger partial charge >= 0.3 is 11.8 Å². The van der Waals surface area contributed by atoms with Crippen LogP contribution in [0.2, 0.25) is 0 Å². The lowest BCUT2D eigenvalue weighted by Gasteiger charge is -2.20. The average Bonchev–Trinajstić information content (AvgIpc) is 3.69. The van der Waals surface area contributed by atoms with Crippen molar-refractivity contribution in [2.24, 2.45) is 21.8 Å². The number of nitrogens with zero attached hydrogens (tertiary/aromatic N) is 2. The van der Waals surface area contributed by atoms with Gasteiger partial charge in [0.1, 0.15) is 13.2 Å². The summed E-state index contributed by atoms with van der Waals surface area (Å²) in [6, 6.07) is 23.6. The topological polar surface area (TPSA) is 101 Å². The third-order valence-electron chi connectivity index (χ3n) is 7.88. The van der Waals surface area contributed by atoms with Crippen LogP contribution in [0.15, 0.2) is 82.8 Å². The number of fused-ring (bicyclic) bond motifs is 2. The van der Waals surface area contributed by atoms with Crippen molar-refractivity contribution in [3.8, 4) is 11.1 Å². The zero-order valence-corrected chi connectivity index (χ0v) is 24.2. The minimum atomic E-state index is -0.408. The Balaban J connectivity index is 1.49. The molecule has 2 atom stereocenters. The number of nitrogens with one attached hydrogen (secondary N) is 2. The molecule has 0 unspecified atom stereocenters. The smallest absolute Gasteiger partial charge is 0.310 e. The molecule has 0 bridgehead atoms. The SMILES string of the molecule is CC(C)[C@H]1COC(C(=O)Nc2ccc3ccccc3c2-c2c(NC(=O)C3=N[C@@H](C(C)C)CO3)ccc3ccccc23)=N1. The summed E-state index contributed by atoms with van der Waals surface area (Å²) < 4.78 is 11.4. The number of anilines is 2. The molecular formula is C34H34N4O4. The highest BCUT2D eigenvalue weighted by molar-refractivity contribution is 6.42. The largest absolute Gasteiger partial charge is 0.472 e. The van der Waals surface area contributed by atoms with Crippen LogP contribution in [0.1, 0.15) is 27.7 Å². The summed E-state index contributed by atoms with van der Waals surface area (Å²) in [4.78, 5) is 35.9. The van der Waals surface area contributed by atoms with Gasteiger partial charge in [-0.2, -0.15) is 0 Å². The highest BCUT2D eigenvalue weighted by Gasteiger charge is 2.29. The molecule has 0 radical (unpaired) electrons. The van der Waals surface area contributed by atoms with Crippen LogP contribution in [-0.2, 0) is 19.1 Å². The van der Waals surface area contributed by atoms with Crippen molar-refractivity contribution < 1.29 is 19.1 Å². The summed E-state index contributed by atoms with van der Waals surface area (Å²) >= 11 is 0. The molecule has 2 heterocycles. The molecule has 214 valence electrons. The number of carbonyl (C=O) groups excluding carboxylic acids is 2. The van der Waals surface area contributed by atoms with E-state index in [1.165, 1.54) is 0 Å². The van der Waals surface area contributed by atoms with Crippen LogP contribution >= 0.6 is 0 Å². The number of ether oxygens (including phenoxy) is 2. The lowest BCUT2D eigenvalue weighted by molar-refractivity contribution is -0.112. The molecule has 0 fully saturated rings. The van der Waals surface area contributed by atoms with Gasteiger partial charge in [-0.05, 0) is 45.5 Å². The molecule has 8 heteroatoms. The second-order valence-corrected chi connectivity index (χ2v) is 11.4. The Bertz CT molecular complexity index is 1630. The highest BCUT2D eigenvalue weighted by Crippen LogP contribution is 2.43. The van der Waals surface area contributed by atoms with Crippen LogP contribution in [0.5, 0.6) is 0 Å². The van der Waals surface area contributed by atoms with E-state index in [0.717, 1.165) is 32.7 Å². The van der Waals surface area contributed by atoms with Crippen LogP contribution in [0.4, 0.5) is 11.4 Å². The molecular weight excluding hydrogens is 528 g/mol. The number of carbonyl (C=O) groups is 2. The molecule has 42 heavy (non-hydrogen) atoms. The molecule has 0 saturated heterocycles. The number of amides is 2. The first kappa shape index (κ1) is 27.4. The maximum atomic E-state index is 13.4. The summed E-state index contributed by atoms with van der Waals surface area (Å²) in [5, 5.41) is 9.96. The Kier molecular flexibility index (Phi) is 7.37. The van der Waals surface area contributed by atoms with Gasteiger partial charge in [0.15, 0.2) is 0 Å². The van der Waals surface area contributed by atoms with E-state index in [1.54, 1.807) is 0 Å². The monoisotopic (exact) mass is 562 g/mol. The van der Waals surface area contributed by atoms with Crippen molar-refractivity contribution in [3.63, 3.8) is 0 Å². The second kappa shape index (κ2) is 11.3. The van der Waals surface area contributed by atoms with Crippen molar-refractivity contribution in [1.82, 2.24) is 0 Å². The van der Waals surface area contributed by atoms with Crippen molar-refractivity contribution in [2.45, 2.75) is 39.8 Å². The predicted octanol–water partition coefficient (Wildman–Crippen LogP) is 6.44. The zero-order valence-electron chi connectivity index (χ0n) is 24.2. The van der Waals surface area contributed by atoms with E-state index in [9.17, 15) is 9.59 Å². The van der Waals surface area contributed by atoms with Gasteiger partial charge in [0.2, 0.25) is 0 Å². The molecule has 2 aliphatic heterocycles. The molecule has 6 rings (SSSR count). The Morgan fingerprint density at radius 1 is 0.643 bits per heavy atom. The molecule has 2 aliphatic rings. The van der Waals surface area contributed by atoms with E-state index in [0.29, 0.717) is 24.6 Å². The first-order valence-corrected chi connectivity index (χ1v) is 14.4. The van der Waals surface area contributed by atoms with Crippen molar-refractivity contribution in [3.05, 3.63) is 72.8 Å². The summed E-state index contributed by atoms with van der Waals surface area (Å²) in [7, 11) is 0. The third-order valence-corrected chi connectivity index (χ3v) is 7.88. The molecule has 2 N–H and O–H groups in total. The molecule has 8 nitrogen and oxygen atoms in total. The molecule has 0 spiro atoms. The lowest BCUT2D eigenvalue weighted by Crippen LogP contribution is -2.24. The Labute approximate surface area is 244 Å². The fourth-order valence-corrected chi connectivity index (χ4v) is 5.35. The summed E-state index contributed by atoms with van der Waals surface area (Å²) in [5.41, 5.74) is 2.72. The first-order chi connectivity index (χ1) is 20.3. The normalized spacial score (nSPS) is 18.1. The van der Waals surface area contributed by atoms with Crippen LogP contribution in [0.3, 0.4) is 0 Å². The van der Waals surface area contributed by atoms with Gasteiger partial charge in [0, 0.05) is 22.5 Å². The molecule has 0 aliphatic carbocycles. The number of benzene rings is 4. The highest BCUT2D eigenvalue weighted by atomic mass is 16.5. The number of hydrogen-bond donors (Lipinski definition) is 2. The third kappa shape index (κ3) is 5.20. The van der Waals surface area contributed by atoms with E-state index in [2.05, 4.69) is 48.3 Å². The van der Waals surface area contributed by atoms with E-state index < -0.39 is 11.8 Å². The van der Waals surface area contributed by atoms with E-state index in [-0.39, 0.29) is 35.7 Å². The van der Waals surface area contributed by atoms with E-state index in [4.69, 9.17) is 9.47 Å². The standard InChI is InChI=1S/C34H34N4O4/c1-19(2)27-17-41-33(37-27)31(39)35-25-15-13-21-9-5-7-11-23(21)29(25)30-24-12-8-6-10-22(24)14-16-26(30)36-32(40)34-38-28(18-42-34)20(3)4/h5-16,19-20,27-28H,17-18H2,1-4H3,(H,35,39)(H,36,40)/t27-,28-/m1/s1. The van der Waals surface area contributed by atoms with Gasteiger partial charge in [-0.3, -0.25) is 9.59 Å². The zero-order chi connectivity index (χ0) is 29.4.